The summed E-state index contributed by atoms with van der Waals surface area (Å²) in [6.45, 7) is 3.32. The topological polar surface area (TPSA) is 84.0 Å². The molecule has 2 saturated heterocycles. The number of imide groups is 1. The zero-order valence-corrected chi connectivity index (χ0v) is 18.3. The molecular formula is C25H25FN2O5. The molecule has 2 aliphatic heterocycles. The molecule has 2 amide bonds. The van der Waals surface area contributed by atoms with Crippen molar-refractivity contribution in [2.45, 2.75) is 32.2 Å². The molecule has 0 spiro atoms. The van der Waals surface area contributed by atoms with Crippen LogP contribution in [0.25, 0.3) is 0 Å². The summed E-state index contributed by atoms with van der Waals surface area (Å²) in [5.41, 5.74) is 0.825. The third-order valence-corrected chi connectivity index (χ3v) is 6.24. The Morgan fingerprint density at radius 3 is 2.21 bits per heavy atom. The first-order valence-electron chi connectivity index (χ1n) is 11.0. The van der Waals surface area contributed by atoms with E-state index >= 15 is 0 Å². The smallest absolute Gasteiger partial charge is 0.338 e. The highest BCUT2D eigenvalue weighted by molar-refractivity contribution is 6.22. The van der Waals surface area contributed by atoms with Crippen LogP contribution in [0.15, 0.2) is 48.5 Å². The van der Waals surface area contributed by atoms with Crippen LogP contribution >= 0.6 is 0 Å². The number of anilines is 1. The minimum Gasteiger partial charge on any atom is -0.454 e. The Kier molecular flexibility index (Phi) is 6.65. The van der Waals surface area contributed by atoms with E-state index in [1.54, 1.807) is 0 Å². The summed E-state index contributed by atoms with van der Waals surface area (Å²) in [5, 5.41) is 0. The van der Waals surface area contributed by atoms with Gasteiger partial charge in [0.2, 0.25) is 5.91 Å². The Morgan fingerprint density at radius 1 is 0.970 bits per heavy atom. The van der Waals surface area contributed by atoms with Gasteiger partial charge in [-0.15, -0.1) is 0 Å². The number of rotatable bonds is 6. The lowest BCUT2D eigenvalue weighted by Crippen LogP contribution is -2.45. The van der Waals surface area contributed by atoms with Crippen molar-refractivity contribution in [2.75, 3.05) is 24.6 Å². The Labute approximate surface area is 191 Å². The number of ketones is 1. The highest BCUT2D eigenvalue weighted by Crippen LogP contribution is 2.28. The third-order valence-electron chi connectivity index (χ3n) is 6.24. The molecule has 0 radical (unpaired) electrons. The van der Waals surface area contributed by atoms with Crippen LogP contribution in [0.2, 0.25) is 0 Å². The van der Waals surface area contributed by atoms with Gasteiger partial charge in [0.15, 0.2) is 12.4 Å². The molecule has 0 saturated carbocycles. The van der Waals surface area contributed by atoms with Crippen molar-refractivity contribution in [3.05, 3.63) is 65.5 Å². The Balaban J connectivity index is 1.36. The standard InChI is InChI=1S/C25H25FN2O5/c1-16-10-12-27(13-11-16)21-14-23(30)28(24(21)31)20-8-4-18(5-9-20)25(32)33-15-22(29)17-2-6-19(26)7-3-17/h2-9,16,21H,10-15H2,1H3. The van der Waals surface area contributed by atoms with E-state index in [9.17, 15) is 23.6 Å². The number of Topliss-reactive ketones (excluding diaryl/α,β-unsaturated/α-hetero) is 1. The van der Waals surface area contributed by atoms with Crippen LogP contribution in [0.4, 0.5) is 10.1 Å². The lowest BCUT2D eigenvalue weighted by atomic mass is 9.97. The zero-order valence-electron chi connectivity index (χ0n) is 18.3. The van der Waals surface area contributed by atoms with E-state index in [2.05, 4.69) is 11.8 Å². The molecule has 2 heterocycles. The fourth-order valence-corrected chi connectivity index (χ4v) is 4.19. The average Bonchev–Trinajstić information content (AvgIpc) is 3.12. The van der Waals surface area contributed by atoms with Crippen molar-refractivity contribution >= 4 is 29.3 Å². The molecule has 0 aliphatic carbocycles. The quantitative estimate of drug-likeness (QED) is 0.380. The van der Waals surface area contributed by atoms with Gasteiger partial charge in [-0.3, -0.25) is 19.3 Å². The molecule has 0 N–H and O–H groups in total. The van der Waals surface area contributed by atoms with Crippen LogP contribution in [0.1, 0.15) is 46.9 Å². The Hall–Kier alpha value is -3.39. The first-order valence-corrected chi connectivity index (χ1v) is 11.0. The summed E-state index contributed by atoms with van der Waals surface area (Å²) < 4.78 is 18.0. The first-order chi connectivity index (χ1) is 15.8. The van der Waals surface area contributed by atoms with Crippen molar-refractivity contribution in [1.29, 1.82) is 0 Å². The lowest BCUT2D eigenvalue weighted by Gasteiger charge is -2.33. The van der Waals surface area contributed by atoms with E-state index in [0.717, 1.165) is 38.1 Å². The summed E-state index contributed by atoms with van der Waals surface area (Å²) in [7, 11) is 0. The van der Waals surface area contributed by atoms with Gasteiger partial charge in [0, 0.05) is 5.56 Å². The van der Waals surface area contributed by atoms with Gasteiger partial charge >= 0.3 is 5.97 Å². The predicted octanol–water partition coefficient (Wildman–Crippen LogP) is 3.23. The lowest BCUT2D eigenvalue weighted by molar-refractivity contribution is -0.123. The van der Waals surface area contributed by atoms with Crippen LogP contribution in [0.5, 0.6) is 0 Å². The molecule has 0 aromatic heterocycles. The maximum absolute atomic E-state index is 13.0. The predicted molar refractivity (Wildman–Crippen MR) is 118 cm³/mol. The molecule has 1 unspecified atom stereocenters. The molecule has 2 aliphatic rings. The monoisotopic (exact) mass is 452 g/mol. The molecule has 33 heavy (non-hydrogen) atoms. The van der Waals surface area contributed by atoms with Crippen LogP contribution in [-0.4, -0.2) is 54.2 Å². The van der Waals surface area contributed by atoms with Gasteiger partial charge in [0.1, 0.15) is 5.82 Å². The largest absolute Gasteiger partial charge is 0.454 e. The number of benzene rings is 2. The van der Waals surface area contributed by atoms with E-state index in [4.69, 9.17) is 4.74 Å². The van der Waals surface area contributed by atoms with Crippen LogP contribution in [-0.2, 0) is 14.3 Å². The van der Waals surface area contributed by atoms with E-state index in [-0.39, 0.29) is 29.4 Å². The number of carbonyl (C=O) groups excluding carboxylic acids is 4. The maximum atomic E-state index is 13.0. The number of halogens is 1. The van der Waals surface area contributed by atoms with Crippen molar-refractivity contribution < 1.29 is 28.3 Å². The summed E-state index contributed by atoms with van der Waals surface area (Å²) >= 11 is 0. The van der Waals surface area contributed by atoms with E-state index < -0.39 is 30.2 Å². The number of likely N-dealkylation sites (tertiary alicyclic amines) is 1. The number of piperidine rings is 1. The fourth-order valence-electron chi connectivity index (χ4n) is 4.19. The number of ether oxygens (including phenoxy) is 1. The SMILES string of the molecule is CC1CCN(C2CC(=O)N(c3ccc(C(=O)OCC(=O)c4ccc(F)cc4)cc3)C2=O)CC1. The molecule has 2 fully saturated rings. The van der Waals surface area contributed by atoms with Crippen LogP contribution < -0.4 is 4.90 Å². The number of amides is 2. The number of esters is 1. The summed E-state index contributed by atoms with van der Waals surface area (Å²) in [4.78, 5) is 53.2. The average molecular weight is 452 g/mol. The molecule has 2 aromatic carbocycles. The maximum Gasteiger partial charge on any atom is 0.338 e. The molecular weight excluding hydrogens is 427 g/mol. The number of carbonyl (C=O) groups is 4. The molecule has 2 aromatic rings. The minimum absolute atomic E-state index is 0.155. The van der Waals surface area contributed by atoms with Gasteiger partial charge in [0.25, 0.3) is 5.91 Å². The second-order valence-corrected chi connectivity index (χ2v) is 8.56. The van der Waals surface area contributed by atoms with Gasteiger partial charge in [-0.1, -0.05) is 6.92 Å². The van der Waals surface area contributed by atoms with Gasteiger partial charge < -0.3 is 4.74 Å². The molecule has 172 valence electrons. The summed E-state index contributed by atoms with van der Waals surface area (Å²) in [6, 6.07) is 10.5. The minimum atomic E-state index is -0.712. The molecule has 1 atom stereocenters. The number of nitrogens with zero attached hydrogens (tertiary/aromatic N) is 2. The van der Waals surface area contributed by atoms with Crippen molar-refractivity contribution in [3.63, 3.8) is 0 Å². The normalized spacial score (nSPS) is 19.7. The van der Waals surface area contributed by atoms with Crippen LogP contribution in [0.3, 0.4) is 0 Å². The fraction of sp³-hybridized carbons (Fsp3) is 0.360. The zero-order chi connectivity index (χ0) is 23.5. The van der Waals surface area contributed by atoms with E-state index in [1.807, 2.05) is 0 Å². The number of hydrogen-bond acceptors (Lipinski definition) is 6. The molecule has 8 heteroatoms. The van der Waals surface area contributed by atoms with Crippen molar-refractivity contribution in [2.24, 2.45) is 5.92 Å². The highest BCUT2D eigenvalue weighted by Gasteiger charge is 2.43. The Bertz CT molecular complexity index is 1060. The number of hydrogen-bond donors (Lipinski definition) is 0. The van der Waals surface area contributed by atoms with E-state index in [0.29, 0.717) is 11.6 Å². The molecule has 0 bridgehead atoms. The van der Waals surface area contributed by atoms with Crippen molar-refractivity contribution in [1.82, 2.24) is 4.90 Å². The van der Waals surface area contributed by atoms with Crippen LogP contribution in [0, 0.1) is 11.7 Å². The summed E-state index contributed by atoms with van der Waals surface area (Å²) in [5.74, 6) is -1.50. The molecule has 7 nitrogen and oxygen atoms in total. The molecule has 4 rings (SSSR count). The van der Waals surface area contributed by atoms with Gasteiger partial charge in [0.05, 0.1) is 23.7 Å². The summed E-state index contributed by atoms with van der Waals surface area (Å²) in [6.07, 6.45) is 2.18. The Morgan fingerprint density at radius 2 is 1.58 bits per heavy atom. The van der Waals surface area contributed by atoms with Gasteiger partial charge in [-0.25, -0.2) is 14.1 Å². The van der Waals surface area contributed by atoms with Gasteiger partial charge in [-0.05, 0) is 80.4 Å². The van der Waals surface area contributed by atoms with E-state index in [1.165, 1.54) is 41.3 Å². The van der Waals surface area contributed by atoms with Crippen molar-refractivity contribution in [3.8, 4) is 0 Å². The third kappa shape index (κ3) is 5.01. The first kappa shape index (κ1) is 22.8. The second-order valence-electron chi connectivity index (χ2n) is 8.56. The van der Waals surface area contributed by atoms with Gasteiger partial charge in [-0.2, -0.15) is 0 Å². The highest BCUT2D eigenvalue weighted by atomic mass is 19.1. The second kappa shape index (κ2) is 9.62.